The number of aromatic nitrogens is 2. The lowest BCUT2D eigenvalue weighted by atomic mass is 9.91. The molecule has 2 aliphatic rings. The summed E-state index contributed by atoms with van der Waals surface area (Å²) in [6, 6.07) is 7.08. The number of likely N-dealkylation sites (N-methyl/N-ethyl adjacent to an activating group) is 1. The molecule has 2 aliphatic heterocycles. The van der Waals surface area contributed by atoms with Gasteiger partial charge in [-0.15, -0.1) is 0 Å². The Bertz CT molecular complexity index is 895. The number of carbonyl (C=O) groups excluding carboxylic acids is 2. The summed E-state index contributed by atoms with van der Waals surface area (Å²) in [6.45, 7) is 6.15. The first-order valence-corrected chi connectivity index (χ1v) is 9.33. The first kappa shape index (κ1) is 18.6. The number of nitrogens with one attached hydrogen (secondary N) is 2. The number of piperazine rings is 1. The number of imide groups is 1. The molecule has 9 heteroatoms. The summed E-state index contributed by atoms with van der Waals surface area (Å²) in [5, 5.41) is 10.1. The van der Waals surface area contributed by atoms with Gasteiger partial charge in [0.25, 0.3) is 5.91 Å². The molecule has 1 aromatic heterocycles. The lowest BCUT2D eigenvalue weighted by Gasteiger charge is -2.30. The van der Waals surface area contributed by atoms with E-state index in [1.807, 2.05) is 38.2 Å². The highest BCUT2D eigenvalue weighted by atomic mass is 16.5. The molecular formula is C19H24N6O3. The van der Waals surface area contributed by atoms with Gasteiger partial charge in [-0.2, -0.15) is 4.98 Å². The van der Waals surface area contributed by atoms with Crippen molar-refractivity contribution in [3.8, 4) is 0 Å². The molecule has 1 aromatic carbocycles. The van der Waals surface area contributed by atoms with E-state index in [4.69, 9.17) is 4.52 Å². The van der Waals surface area contributed by atoms with Crippen LogP contribution in [-0.2, 0) is 16.9 Å². The Morgan fingerprint density at radius 3 is 2.75 bits per heavy atom. The van der Waals surface area contributed by atoms with Gasteiger partial charge in [-0.1, -0.05) is 35.0 Å². The van der Waals surface area contributed by atoms with Crippen LogP contribution >= 0.6 is 0 Å². The molecule has 9 nitrogen and oxygen atoms in total. The molecule has 0 aliphatic carbocycles. The van der Waals surface area contributed by atoms with E-state index in [-0.39, 0.29) is 24.4 Å². The van der Waals surface area contributed by atoms with Crippen molar-refractivity contribution in [3.63, 3.8) is 0 Å². The average Bonchev–Trinajstić information content (AvgIpc) is 3.22. The van der Waals surface area contributed by atoms with Crippen LogP contribution in [0.5, 0.6) is 0 Å². The molecule has 0 spiro atoms. The number of hydrogen-bond acceptors (Lipinski definition) is 7. The molecule has 28 heavy (non-hydrogen) atoms. The van der Waals surface area contributed by atoms with E-state index in [0.29, 0.717) is 5.82 Å². The van der Waals surface area contributed by atoms with Crippen molar-refractivity contribution in [3.05, 3.63) is 47.1 Å². The van der Waals surface area contributed by atoms with Crippen LogP contribution in [-0.4, -0.2) is 58.6 Å². The van der Waals surface area contributed by atoms with Crippen molar-refractivity contribution >= 4 is 11.9 Å². The Morgan fingerprint density at radius 2 is 2.04 bits per heavy atom. The maximum absolute atomic E-state index is 13.0. The minimum absolute atomic E-state index is 0.00665. The number of carbonyl (C=O) groups is 2. The zero-order valence-corrected chi connectivity index (χ0v) is 16.2. The SMILES string of the molecule is Cc1ccc(C2(C)NC(=O)N(Cc3nc(C4CNCCN4C)no3)C2=O)cc1. The third kappa shape index (κ3) is 3.16. The second-order valence-corrected chi connectivity index (χ2v) is 7.56. The smallest absolute Gasteiger partial charge is 0.325 e. The minimum Gasteiger partial charge on any atom is -0.337 e. The Balaban J connectivity index is 1.52. The predicted octanol–water partition coefficient (Wildman–Crippen LogP) is 0.921. The van der Waals surface area contributed by atoms with E-state index in [1.54, 1.807) is 6.92 Å². The molecule has 2 unspecified atom stereocenters. The Labute approximate surface area is 163 Å². The van der Waals surface area contributed by atoms with E-state index in [1.165, 1.54) is 0 Å². The lowest BCUT2D eigenvalue weighted by molar-refractivity contribution is -0.131. The summed E-state index contributed by atoms with van der Waals surface area (Å²) in [6.07, 6.45) is 0. The first-order chi connectivity index (χ1) is 13.4. The van der Waals surface area contributed by atoms with Crippen LogP contribution in [0.25, 0.3) is 0 Å². The fraction of sp³-hybridized carbons (Fsp3) is 0.474. The number of hydrogen-bond donors (Lipinski definition) is 2. The van der Waals surface area contributed by atoms with E-state index in [9.17, 15) is 9.59 Å². The molecule has 2 saturated heterocycles. The van der Waals surface area contributed by atoms with Crippen molar-refractivity contribution in [2.75, 3.05) is 26.7 Å². The van der Waals surface area contributed by atoms with Crippen molar-refractivity contribution in [1.82, 2.24) is 30.6 Å². The molecule has 2 N–H and O–H groups in total. The first-order valence-electron chi connectivity index (χ1n) is 9.33. The number of aryl methyl sites for hydroxylation is 1. The van der Waals surface area contributed by atoms with E-state index in [0.717, 1.165) is 35.7 Å². The van der Waals surface area contributed by atoms with Gasteiger partial charge < -0.3 is 15.2 Å². The van der Waals surface area contributed by atoms with Crippen LogP contribution in [0.3, 0.4) is 0 Å². The fourth-order valence-electron chi connectivity index (χ4n) is 3.62. The number of benzene rings is 1. The molecule has 4 rings (SSSR count). The molecule has 148 valence electrons. The number of nitrogens with zero attached hydrogens (tertiary/aromatic N) is 4. The van der Waals surface area contributed by atoms with Crippen molar-refractivity contribution in [1.29, 1.82) is 0 Å². The summed E-state index contributed by atoms with van der Waals surface area (Å²) < 4.78 is 5.32. The number of amides is 3. The van der Waals surface area contributed by atoms with Gasteiger partial charge in [0.05, 0.1) is 6.04 Å². The normalized spacial score (nSPS) is 26.0. The average molecular weight is 384 g/mol. The standard InChI is InChI=1S/C19H24N6O3/c1-12-4-6-13(7-5-12)19(2)17(26)25(18(27)22-19)11-15-21-16(23-28-15)14-10-20-8-9-24(14)3/h4-7,14,20H,8-11H2,1-3H3,(H,22,27). The van der Waals surface area contributed by atoms with Crippen LogP contribution in [0.15, 0.2) is 28.8 Å². The molecule has 0 radical (unpaired) electrons. The molecule has 0 bridgehead atoms. The molecule has 2 fully saturated rings. The maximum Gasteiger partial charge on any atom is 0.325 e. The van der Waals surface area contributed by atoms with Crippen LogP contribution in [0, 0.1) is 6.92 Å². The quantitative estimate of drug-likeness (QED) is 0.756. The Morgan fingerprint density at radius 1 is 1.29 bits per heavy atom. The molecule has 2 aromatic rings. The van der Waals surface area contributed by atoms with Gasteiger partial charge in [-0.3, -0.25) is 14.6 Å². The summed E-state index contributed by atoms with van der Waals surface area (Å²) in [7, 11) is 2.01. The minimum atomic E-state index is -1.11. The van der Waals surface area contributed by atoms with Crippen LogP contribution in [0.4, 0.5) is 4.79 Å². The summed E-state index contributed by atoms with van der Waals surface area (Å²) in [5.41, 5.74) is 0.711. The van der Waals surface area contributed by atoms with Crippen LogP contribution < -0.4 is 10.6 Å². The maximum atomic E-state index is 13.0. The predicted molar refractivity (Wildman–Crippen MR) is 100 cm³/mol. The summed E-state index contributed by atoms with van der Waals surface area (Å²) in [4.78, 5) is 33.2. The largest absolute Gasteiger partial charge is 0.337 e. The molecule has 3 heterocycles. The van der Waals surface area contributed by atoms with Gasteiger partial charge in [-0.05, 0) is 26.5 Å². The van der Waals surface area contributed by atoms with Gasteiger partial charge in [-0.25, -0.2) is 4.79 Å². The summed E-state index contributed by atoms with van der Waals surface area (Å²) in [5.74, 6) is 0.459. The molecule has 2 atom stereocenters. The highest BCUT2D eigenvalue weighted by molar-refractivity contribution is 6.07. The third-order valence-corrected chi connectivity index (χ3v) is 5.49. The zero-order valence-electron chi connectivity index (χ0n) is 16.2. The molecular weight excluding hydrogens is 360 g/mol. The van der Waals surface area contributed by atoms with Crippen LogP contribution in [0.1, 0.15) is 35.8 Å². The third-order valence-electron chi connectivity index (χ3n) is 5.49. The topological polar surface area (TPSA) is 104 Å². The molecule has 3 amide bonds. The van der Waals surface area contributed by atoms with Gasteiger partial charge in [0.1, 0.15) is 12.1 Å². The van der Waals surface area contributed by atoms with E-state index < -0.39 is 11.6 Å². The van der Waals surface area contributed by atoms with Gasteiger partial charge >= 0.3 is 6.03 Å². The van der Waals surface area contributed by atoms with E-state index >= 15 is 0 Å². The van der Waals surface area contributed by atoms with Gasteiger partial charge in [0.2, 0.25) is 5.89 Å². The van der Waals surface area contributed by atoms with Crippen molar-refractivity contribution < 1.29 is 14.1 Å². The van der Waals surface area contributed by atoms with Crippen LogP contribution in [0.2, 0.25) is 0 Å². The fourth-order valence-corrected chi connectivity index (χ4v) is 3.62. The highest BCUT2D eigenvalue weighted by Gasteiger charge is 2.49. The van der Waals surface area contributed by atoms with Gasteiger partial charge in [0, 0.05) is 19.6 Å². The Kier molecular flexibility index (Phi) is 4.64. The second-order valence-electron chi connectivity index (χ2n) is 7.56. The molecule has 0 saturated carbocycles. The Hall–Kier alpha value is -2.78. The number of urea groups is 1. The van der Waals surface area contributed by atoms with Crippen molar-refractivity contribution in [2.45, 2.75) is 32.0 Å². The summed E-state index contributed by atoms with van der Waals surface area (Å²) >= 11 is 0. The van der Waals surface area contributed by atoms with Crippen molar-refractivity contribution in [2.24, 2.45) is 0 Å². The van der Waals surface area contributed by atoms with Gasteiger partial charge in [0.15, 0.2) is 5.82 Å². The number of rotatable bonds is 4. The second kappa shape index (κ2) is 6.99. The highest BCUT2D eigenvalue weighted by Crippen LogP contribution is 2.30. The monoisotopic (exact) mass is 384 g/mol. The van der Waals surface area contributed by atoms with E-state index in [2.05, 4.69) is 25.7 Å². The lowest BCUT2D eigenvalue weighted by Crippen LogP contribution is -2.44. The zero-order chi connectivity index (χ0) is 19.9.